The summed E-state index contributed by atoms with van der Waals surface area (Å²) in [6.45, 7) is 3.21. The number of aryl methyl sites for hydroxylation is 1. The van der Waals surface area contributed by atoms with Crippen LogP contribution < -0.4 is 5.32 Å². The topological polar surface area (TPSA) is 126 Å². The van der Waals surface area contributed by atoms with Gasteiger partial charge in [0.05, 0.1) is 28.3 Å². The highest BCUT2D eigenvalue weighted by atomic mass is 19.1. The molecule has 0 bridgehead atoms. The van der Waals surface area contributed by atoms with Crippen LogP contribution in [0.3, 0.4) is 0 Å². The zero-order valence-electron chi connectivity index (χ0n) is 21.4. The molecule has 0 saturated heterocycles. The summed E-state index contributed by atoms with van der Waals surface area (Å²) in [6, 6.07) is 13.9. The maximum absolute atomic E-state index is 16.1. The molecule has 0 atom stereocenters. The Morgan fingerprint density at radius 3 is 2.65 bits per heavy atom. The number of benzene rings is 1. The fourth-order valence-electron chi connectivity index (χ4n) is 4.77. The van der Waals surface area contributed by atoms with Gasteiger partial charge in [-0.25, -0.2) is 19.3 Å². The van der Waals surface area contributed by atoms with E-state index in [0.29, 0.717) is 45.9 Å². The Balaban J connectivity index is 1.23. The Kier molecular flexibility index (Phi) is 5.82. The average Bonchev–Trinajstić information content (AvgIpc) is 3.72. The van der Waals surface area contributed by atoms with Gasteiger partial charge in [0.15, 0.2) is 17.5 Å². The molecule has 0 aliphatic rings. The number of imidazole rings is 2. The van der Waals surface area contributed by atoms with Gasteiger partial charge in [0.2, 0.25) is 0 Å². The van der Waals surface area contributed by atoms with Crippen molar-refractivity contribution >= 4 is 21.9 Å². The van der Waals surface area contributed by atoms with Crippen LogP contribution in [0.25, 0.3) is 50.5 Å². The molecule has 1 aromatic carbocycles. The summed E-state index contributed by atoms with van der Waals surface area (Å²) in [5.41, 5.74) is 5.94. The second-order valence-electron chi connectivity index (χ2n) is 9.49. The Labute approximate surface area is 227 Å². The second kappa shape index (κ2) is 9.79. The number of pyridine rings is 3. The zero-order valence-corrected chi connectivity index (χ0v) is 21.4. The third-order valence-corrected chi connectivity index (χ3v) is 6.68. The predicted octanol–water partition coefficient (Wildman–Crippen LogP) is 4.88. The lowest BCUT2D eigenvalue weighted by Crippen LogP contribution is -2.12. The van der Waals surface area contributed by atoms with Gasteiger partial charge in [-0.1, -0.05) is 30.3 Å². The molecule has 10 nitrogen and oxygen atoms in total. The summed E-state index contributed by atoms with van der Waals surface area (Å²) in [5, 5.41) is 11.0. The quantitative estimate of drug-likeness (QED) is 0.268. The average molecular weight is 531 g/mol. The lowest BCUT2D eigenvalue weighted by molar-refractivity contribution is 0.638. The second-order valence-corrected chi connectivity index (χ2v) is 9.49. The zero-order chi connectivity index (χ0) is 27.1. The molecule has 0 spiro atoms. The number of hydrogen-bond acceptors (Lipinski definition) is 7. The smallest absolute Gasteiger partial charge is 0.166 e. The van der Waals surface area contributed by atoms with Crippen LogP contribution in [0.5, 0.6) is 0 Å². The number of aromatic nitrogens is 9. The highest BCUT2D eigenvalue weighted by Crippen LogP contribution is 2.33. The molecule has 0 amide bonds. The third kappa shape index (κ3) is 4.28. The number of hydrogen-bond donors (Lipinski definition) is 3. The van der Waals surface area contributed by atoms with Gasteiger partial charge in [-0.3, -0.25) is 19.6 Å². The van der Waals surface area contributed by atoms with Crippen LogP contribution in [-0.4, -0.2) is 44.7 Å². The monoisotopic (exact) mass is 530 g/mol. The minimum Gasteiger partial charge on any atom is -0.336 e. The van der Waals surface area contributed by atoms with Crippen LogP contribution in [0.1, 0.15) is 16.8 Å². The van der Waals surface area contributed by atoms with E-state index >= 15 is 4.39 Å². The molecule has 0 saturated carbocycles. The van der Waals surface area contributed by atoms with E-state index < -0.39 is 5.82 Å². The molecule has 6 aromatic heterocycles. The number of nitrogens with zero attached hydrogens (tertiary/aromatic N) is 7. The van der Waals surface area contributed by atoms with E-state index in [1.54, 1.807) is 31.1 Å². The Morgan fingerprint density at radius 2 is 1.80 bits per heavy atom. The SMILES string of the molecule is Cc1cn(-c2nccc3[nH]c(-c4n[nH]c5cnc(-c6cncc(CNCc7ccccc7)c6)c(F)c45)nc23)cn1. The molecule has 0 aliphatic heterocycles. The lowest BCUT2D eigenvalue weighted by atomic mass is 10.1. The maximum atomic E-state index is 16.1. The Bertz CT molecular complexity index is 1970. The fourth-order valence-corrected chi connectivity index (χ4v) is 4.77. The van der Waals surface area contributed by atoms with Gasteiger partial charge < -0.3 is 10.3 Å². The van der Waals surface area contributed by atoms with Gasteiger partial charge >= 0.3 is 0 Å². The predicted molar refractivity (Wildman–Crippen MR) is 149 cm³/mol. The van der Waals surface area contributed by atoms with Crippen LogP contribution in [0.15, 0.2) is 79.8 Å². The van der Waals surface area contributed by atoms with Gasteiger partial charge in [0.1, 0.15) is 23.2 Å². The van der Waals surface area contributed by atoms with E-state index in [9.17, 15) is 0 Å². The van der Waals surface area contributed by atoms with E-state index in [-0.39, 0.29) is 5.69 Å². The number of H-pyrrole nitrogens is 2. The number of fused-ring (bicyclic) bond motifs is 2. The molecule has 3 N–H and O–H groups in total. The summed E-state index contributed by atoms with van der Waals surface area (Å²) >= 11 is 0. The van der Waals surface area contributed by atoms with E-state index in [0.717, 1.165) is 23.3 Å². The molecular weight excluding hydrogens is 507 g/mol. The summed E-state index contributed by atoms with van der Waals surface area (Å²) in [7, 11) is 0. The van der Waals surface area contributed by atoms with Crippen molar-refractivity contribution in [2.75, 3.05) is 0 Å². The molecule has 0 unspecified atom stereocenters. The first-order valence-electron chi connectivity index (χ1n) is 12.7. The molecule has 0 fully saturated rings. The van der Waals surface area contributed by atoms with Gasteiger partial charge in [-0.2, -0.15) is 5.10 Å². The van der Waals surface area contributed by atoms with E-state index in [4.69, 9.17) is 4.98 Å². The third-order valence-electron chi connectivity index (χ3n) is 6.68. The van der Waals surface area contributed by atoms with Crippen molar-refractivity contribution in [1.82, 2.24) is 50.0 Å². The fraction of sp³-hybridized carbons (Fsp3) is 0.103. The molecule has 7 rings (SSSR count). The van der Waals surface area contributed by atoms with Gasteiger partial charge in [-0.15, -0.1) is 0 Å². The number of nitrogens with one attached hydrogen (secondary N) is 3. The molecule has 0 aliphatic carbocycles. The number of aromatic amines is 2. The summed E-state index contributed by atoms with van der Waals surface area (Å²) in [5.74, 6) is 0.536. The van der Waals surface area contributed by atoms with E-state index in [2.05, 4.69) is 52.6 Å². The lowest BCUT2D eigenvalue weighted by Gasteiger charge is -2.08. The van der Waals surface area contributed by atoms with Crippen LogP contribution >= 0.6 is 0 Å². The Morgan fingerprint density at radius 1 is 0.925 bits per heavy atom. The Hall–Kier alpha value is -5.29. The van der Waals surface area contributed by atoms with E-state index in [1.165, 1.54) is 5.56 Å². The molecule has 6 heterocycles. The number of rotatable bonds is 7. The van der Waals surface area contributed by atoms with Crippen LogP contribution in [-0.2, 0) is 13.1 Å². The summed E-state index contributed by atoms with van der Waals surface area (Å²) in [6.07, 6.45) is 10.2. The molecule has 40 heavy (non-hydrogen) atoms. The first-order valence-corrected chi connectivity index (χ1v) is 12.7. The number of halogens is 1. The minimum atomic E-state index is -0.499. The van der Waals surface area contributed by atoms with Crippen molar-refractivity contribution in [3.8, 4) is 28.6 Å². The van der Waals surface area contributed by atoms with Crippen molar-refractivity contribution < 1.29 is 4.39 Å². The standard InChI is InChI=1S/C29H23FN10/c1-17-15-40(16-35-17)29-26-21(7-8-33-29)36-28(37-26)27-23-22(38-39-27)14-34-25(24(23)30)20-9-19(12-32-13-20)11-31-10-18-5-3-2-4-6-18/h2-9,12-16,31H,10-11H2,1H3,(H,36,37)(H,38,39). The minimum absolute atomic E-state index is 0.194. The molecule has 0 radical (unpaired) electrons. The van der Waals surface area contributed by atoms with Crippen molar-refractivity contribution in [2.45, 2.75) is 20.0 Å². The van der Waals surface area contributed by atoms with Crippen LogP contribution in [0, 0.1) is 12.7 Å². The molecule has 11 heteroatoms. The maximum Gasteiger partial charge on any atom is 0.166 e. The first kappa shape index (κ1) is 23.8. The van der Waals surface area contributed by atoms with Crippen molar-refractivity contribution in [3.05, 3.63) is 102 Å². The van der Waals surface area contributed by atoms with E-state index in [1.807, 2.05) is 48.0 Å². The first-order chi connectivity index (χ1) is 19.6. The molecule has 7 aromatic rings. The normalized spacial score (nSPS) is 11.6. The van der Waals surface area contributed by atoms with Gasteiger partial charge in [-0.05, 0) is 30.2 Å². The van der Waals surface area contributed by atoms with Crippen LogP contribution in [0.2, 0.25) is 0 Å². The van der Waals surface area contributed by atoms with Gasteiger partial charge in [0, 0.05) is 43.4 Å². The molecular formula is C29H23FN10. The highest BCUT2D eigenvalue weighted by Gasteiger charge is 2.21. The summed E-state index contributed by atoms with van der Waals surface area (Å²) in [4.78, 5) is 25.5. The van der Waals surface area contributed by atoms with Crippen molar-refractivity contribution in [2.24, 2.45) is 0 Å². The molecule has 196 valence electrons. The van der Waals surface area contributed by atoms with Crippen LogP contribution in [0.4, 0.5) is 4.39 Å². The summed E-state index contributed by atoms with van der Waals surface area (Å²) < 4.78 is 17.9. The highest BCUT2D eigenvalue weighted by molar-refractivity contribution is 5.95. The largest absolute Gasteiger partial charge is 0.336 e. The van der Waals surface area contributed by atoms with Gasteiger partial charge in [0.25, 0.3) is 0 Å². The van der Waals surface area contributed by atoms with Crippen molar-refractivity contribution in [1.29, 1.82) is 0 Å². The van der Waals surface area contributed by atoms with Crippen molar-refractivity contribution in [3.63, 3.8) is 0 Å².